The molecule has 100 valence electrons. The zero-order valence-corrected chi connectivity index (χ0v) is 11.5. The van der Waals surface area contributed by atoms with Gasteiger partial charge in [-0.05, 0) is 30.4 Å². The molecule has 0 radical (unpaired) electrons. The third kappa shape index (κ3) is 5.76. The van der Waals surface area contributed by atoms with Gasteiger partial charge in [-0.3, -0.25) is 9.78 Å². The molecule has 1 aromatic rings. The minimum atomic E-state index is 0.793. The Morgan fingerprint density at radius 1 is 1.17 bits per heavy atom. The summed E-state index contributed by atoms with van der Waals surface area (Å²) in [5.74, 6) is 1.60. The van der Waals surface area contributed by atoms with E-state index in [0.717, 1.165) is 18.1 Å². The van der Waals surface area contributed by atoms with Gasteiger partial charge in [-0.1, -0.05) is 57.9 Å². The maximum atomic E-state index is 5.16. The normalized spacial score (nSPS) is 10.4. The highest BCUT2D eigenvalue weighted by Crippen LogP contribution is 2.21. The fourth-order valence-electron chi connectivity index (χ4n) is 1.92. The molecule has 0 aliphatic heterocycles. The third-order valence-electron chi connectivity index (χ3n) is 2.91. The highest BCUT2D eigenvalue weighted by Gasteiger charge is 2.03. The first-order valence-corrected chi connectivity index (χ1v) is 6.76. The number of unbranched alkanes of at least 4 members (excludes halogenated alkanes) is 2. The Labute approximate surface area is 111 Å². The summed E-state index contributed by atoms with van der Waals surface area (Å²) in [6.07, 6.45) is 7.42. The fraction of sp³-hybridized carbons (Fsp3) is 0.500. The average molecular weight is 248 g/mol. The van der Waals surface area contributed by atoms with Crippen molar-refractivity contribution in [3.8, 4) is 5.75 Å². The highest BCUT2D eigenvalue weighted by molar-refractivity contribution is 5.32. The molecule has 0 bridgehead atoms. The third-order valence-corrected chi connectivity index (χ3v) is 2.91. The van der Waals surface area contributed by atoms with Crippen LogP contribution in [0.4, 0.5) is 0 Å². The van der Waals surface area contributed by atoms with Crippen molar-refractivity contribution < 1.29 is 9.78 Å². The Balaban J connectivity index is 2.34. The minimum absolute atomic E-state index is 0.793. The molecular weight excluding hydrogens is 224 g/mol. The number of hydrogen-bond acceptors (Lipinski definition) is 2. The maximum absolute atomic E-state index is 5.16. The second-order valence-corrected chi connectivity index (χ2v) is 4.95. The SMILES string of the molecule is C=COOc1ccccc1CCCCCC(C)C. The summed E-state index contributed by atoms with van der Waals surface area (Å²) >= 11 is 0. The Morgan fingerprint density at radius 2 is 1.94 bits per heavy atom. The van der Waals surface area contributed by atoms with E-state index in [4.69, 9.17) is 9.78 Å². The van der Waals surface area contributed by atoms with Crippen LogP contribution in [-0.2, 0) is 11.3 Å². The van der Waals surface area contributed by atoms with Crippen molar-refractivity contribution in [3.05, 3.63) is 42.7 Å². The van der Waals surface area contributed by atoms with Crippen molar-refractivity contribution in [2.75, 3.05) is 0 Å². The zero-order valence-electron chi connectivity index (χ0n) is 11.5. The standard InChI is InChI=1S/C16H24O2/c1-4-17-18-16-13-9-8-12-15(16)11-7-5-6-10-14(2)3/h4,8-9,12-14H,1,5-7,10-11H2,2-3H3. The molecule has 2 heteroatoms. The number of benzene rings is 1. The topological polar surface area (TPSA) is 18.5 Å². The van der Waals surface area contributed by atoms with Crippen molar-refractivity contribution in [2.45, 2.75) is 46.0 Å². The van der Waals surface area contributed by atoms with Gasteiger partial charge in [0.15, 0.2) is 5.75 Å². The van der Waals surface area contributed by atoms with Crippen molar-refractivity contribution in [2.24, 2.45) is 5.92 Å². The van der Waals surface area contributed by atoms with Crippen LogP contribution in [-0.4, -0.2) is 0 Å². The van der Waals surface area contributed by atoms with Crippen molar-refractivity contribution in [1.29, 1.82) is 0 Å². The molecule has 18 heavy (non-hydrogen) atoms. The number of hydrogen-bond donors (Lipinski definition) is 0. The van der Waals surface area contributed by atoms with E-state index in [1.807, 2.05) is 18.2 Å². The molecule has 1 rings (SSSR count). The van der Waals surface area contributed by atoms with Gasteiger partial charge in [0.1, 0.15) is 6.26 Å². The minimum Gasteiger partial charge on any atom is -0.299 e. The van der Waals surface area contributed by atoms with Gasteiger partial charge >= 0.3 is 0 Å². The first-order chi connectivity index (χ1) is 8.74. The van der Waals surface area contributed by atoms with Gasteiger partial charge in [0, 0.05) is 0 Å². The van der Waals surface area contributed by atoms with Gasteiger partial charge in [-0.2, -0.15) is 0 Å². The first-order valence-electron chi connectivity index (χ1n) is 6.76. The van der Waals surface area contributed by atoms with Gasteiger partial charge in [0.05, 0.1) is 0 Å². The van der Waals surface area contributed by atoms with Crippen LogP contribution >= 0.6 is 0 Å². The maximum Gasteiger partial charge on any atom is 0.181 e. The molecule has 0 atom stereocenters. The Kier molecular flexibility index (Phi) is 7.00. The molecule has 0 unspecified atom stereocenters. The summed E-state index contributed by atoms with van der Waals surface area (Å²) in [5, 5.41) is 0. The summed E-state index contributed by atoms with van der Waals surface area (Å²) in [6, 6.07) is 7.99. The molecule has 2 nitrogen and oxygen atoms in total. The van der Waals surface area contributed by atoms with E-state index >= 15 is 0 Å². The Bertz CT molecular complexity index is 345. The van der Waals surface area contributed by atoms with E-state index in [2.05, 4.69) is 26.5 Å². The van der Waals surface area contributed by atoms with E-state index in [9.17, 15) is 0 Å². The van der Waals surface area contributed by atoms with Crippen LogP contribution in [0.2, 0.25) is 0 Å². The second kappa shape index (κ2) is 8.62. The van der Waals surface area contributed by atoms with E-state index in [-0.39, 0.29) is 0 Å². The zero-order chi connectivity index (χ0) is 13.2. The molecule has 0 N–H and O–H groups in total. The van der Waals surface area contributed by atoms with Gasteiger partial charge in [0.25, 0.3) is 0 Å². The number of aryl methyl sites for hydroxylation is 1. The van der Waals surface area contributed by atoms with Crippen LogP contribution in [0.5, 0.6) is 5.75 Å². The molecule has 0 saturated heterocycles. The lowest BCUT2D eigenvalue weighted by Crippen LogP contribution is -1.96. The molecule has 0 aromatic heterocycles. The Morgan fingerprint density at radius 3 is 2.67 bits per heavy atom. The van der Waals surface area contributed by atoms with Crippen molar-refractivity contribution >= 4 is 0 Å². The molecule has 0 aliphatic carbocycles. The second-order valence-electron chi connectivity index (χ2n) is 4.95. The van der Waals surface area contributed by atoms with Gasteiger partial charge < -0.3 is 0 Å². The number of rotatable bonds is 9. The van der Waals surface area contributed by atoms with Crippen LogP contribution in [0, 0.1) is 5.92 Å². The highest BCUT2D eigenvalue weighted by atomic mass is 17.2. The lowest BCUT2D eigenvalue weighted by atomic mass is 10.0. The van der Waals surface area contributed by atoms with E-state index < -0.39 is 0 Å². The van der Waals surface area contributed by atoms with Crippen molar-refractivity contribution in [3.63, 3.8) is 0 Å². The van der Waals surface area contributed by atoms with Crippen LogP contribution in [0.25, 0.3) is 0 Å². The van der Waals surface area contributed by atoms with Crippen LogP contribution in [0.3, 0.4) is 0 Å². The lowest BCUT2D eigenvalue weighted by Gasteiger charge is -2.08. The molecule has 0 heterocycles. The van der Waals surface area contributed by atoms with E-state index in [1.54, 1.807) is 0 Å². The summed E-state index contributed by atoms with van der Waals surface area (Å²) in [4.78, 5) is 9.95. The molecule has 0 aliphatic rings. The smallest absolute Gasteiger partial charge is 0.181 e. The van der Waals surface area contributed by atoms with Crippen LogP contribution < -0.4 is 4.89 Å². The largest absolute Gasteiger partial charge is 0.299 e. The molecular formula is C16H24O2. The van der Waals surface area contributed by atoms with Crippen LogP contribution in [0.1, 0.15) is 45.1 Å². The number of para-hydroxylation sites is 1. The van der Waals surface area contributed by atoms with Gasteiger partial charge in [-0.25, -0.2) is 0 Å². The van der Waals surface area contributed by atoms with Gasteiger partial charge in [-0.15, -0.1) is 0 Å². The molecule has 0 spiro atoms. The van der Waals surface area contributed by atoms with E-state index in [0.29, 0.717) is 0 Å². The first kappa shape index (κ1) is 14.6. The van der Waals surface area contributed by atoms with Crippen LogP contribution in [0.15, 0.2) is 37.1 Å². The molecule has 0 saturated carbocycles. The summed E-state index contributed by atoms with van der Waals surface area (Å²) in [7, 11) is 0. The molecule has 0 amide bonds. The summed E-state index contributed by atoms with van der Waals surface area (Å²) in [6.45, 7) is 8.01. The predicted molar refractivity (Wildman–Crippen MR) is 75.4 cm³/mol. The monoisotopic (exact) mass is 248 g/mol. The Hall–Kier alpha value is -1.44. The fourth-order valence-corrected chi connectivity index (χ4v) is 1.92. The summed E-state index contributed by atoms with van der Waals surface area (Å²) < 4.78 is 0. The average Bonchev–Trinajstić information content (AvgIpc) is 2.36. The lowest BCUT2D eigenvalue weighted by molar-refractivity contribution is -0.149. The van der Waals surface area contributed by atoms with Gasteiger partial charge in [0.2, 0.25) is 0 Å². The van der Waals surface area contributed by atoms with E-state index in [1.165, 1.54) is 37.5 Å². The summed E-state index contributed by atoms with van der Waals surface area (Å²) in [5.41, 5.74) is 1.20. The molecule has 0 fully saturated rings. The van der Waals surface area contributed by atoms with Crippen molar-refractivity contribution in [1.82, 2.24) is 0 Å². The predicted octanol–water partition coefficient (Wildman–Crippen LogP) is 4.90. The molecule has 1 aromatic carbocycles. The quantitative estimate of drug-likeness (QED) is 0.268.